The van der Waals surface area contributed by atoms with Crippen molar-refractivity contribution in [1.29, 1.82) is 0 Å². The van der Waals surface area contributed by atoms with Crippen molar-refractivity contribution in [3.8, 4) is 0 Å². The molecule has 1 fully saturated rings. The molecule has 0 saturated heterocycles. The number of rotatable bonds is 7. The van der Waals surface area contributed by atoms with E-state index in [1.807, 2.05) is 78.2 Å². The van der Waals surface area contributed by atoms with Crippen LogP contribution >= 0.6 is 11.3 Å². The van der Waals surface area contributed by atoms with Gasteiger partial charge in [-0.2, -0.15) is 0 Å². The molecule has 3 aromatic rings. The van der Waals surface area contributed by atoms with Crippen molar-refractivity contribution < 1.29 is 9.59 Å². The molecule has 0 bridgehead atoms. The molecule has 4 nitrogen and oxygen atoms in total. The first-order valence-corrected chi connectivity index (χ1v) is 11.3. The maximum absolute atomic E-state index is 13.5. The molecule has 0 aliphatic heterocycles. The monoisotopic (exact) mass is 418 g/mol. The van der Waals surface area contributed by atoms with Crippen LogP contribution in [0.25, 0.3) is 0 Å². The number of carbonyl (C=O) groups is 2. The predicted octanol–water partition coefficient (Wildman–Crippen LogP) is 5.12. The third kappa shape index (κ3) is 4.79. The predicted molar refractivity (Wildman–Crippen MR) is 122 cm³/mol. The molecule has 0 radical (unpaired) electrons. The number of thiophene rings is 1. The average molecular weight is 419 g/mol. The Kier molecular flexibility index (Phi) is 6.60. The second-order valence-electron chi connectivity index (χ2n) is 7.66. The molecule has 1 aliphatic rings. The van der Waals surface area contributed by atoms with E-state index in [1.165, 1.54) is 0 Å². The van der Waals surface area contributed by atoms with Crippen LogP contribution < -0.4 is 10.2 Å². The SMILES string of the molecule is O=C(NC1CCCC1)[C@@H](c1ccccc1)N(C(=O)Cc1cccs1)c1ccccc1. The molecule has 1 atom stereocenters. The van der Waals surface area contributed by atoms with Gasteiger partial charge in [0.15, 0.2) is 0 Å². The summed E-state index contributed by atoms with van der Waals surface area (Å²) in [6.45, 7) is 0. The lowest BCUT2D eigenvalue weighted by Gasteiger charge is -2.32. The van der Waals surface area contributed by atoms with Crippen LogP contribution in [0.3, 0.4) is 0 Å². The topological polar surface area (TPSA) is 49.4 Å². The van der Waals surface area contributed by atoms with E-state index in [0.717, 1.165) is 41.8 Å². The van der Waals surface area contributed by atoms with E-state index in [4.69, 9.17) is 0 Å². The summed E-state index contributed by atoms with van der Waals surface area (Å²) in [5.41, 5.74) is 1.55. The van der Waals surface area contributed by atoms with Crippen molar-refractivity contribution in [3.63, 3.8) is 0 Å². The molecule has 5 heteroatoms. The lowest BCUT2D eigenvalue weighted by molar-refractivity contribution is -0.127. The highest BCUT2D eigenvalue weighted by Gasteiger charge is 2.34. The van der Waals surface area contributed by atoms with E-state index >= 15 is 0 Å². The fourth-order valence-corrected chi connectivity index (χ4v) is 4.77. The minimum atomic E-state index is -0.707. The Morgan fingerprint density at radius 1 is 0.933 bits per heavy atom. The first-order valence-electron chi connectivity index (χ1n) is 10.5. The first kappa shape index (κ1) is 20.4. The Labute approximate surface area is 181 Å². The maximum Gasteiger partial charge on any atom is 0.248 e. The van der Waals surface area contributed by atoms with Gasteiger partial charge in [0.2, 0.25) is 11.8 Å². The van der Waals surface area contributed by atoms with E-state index in [0.29, 0.717) is 0 Å². The number of benzene rings is 2. The zero-order valence-corrected chi connectivity index (χ0v) is 17.7. The van der Waals surface area contributed by atoms with Gasteiger partial charge in [0, 0.05) is 16.6 Å². The second kappa shape index (κ2) is 9.72. The van der Waals surface area contributed by atoms with Crippen LogP contribution in [0.5, 0.6) is 0 Å². The van der Waals surface area contributed by atoms with Crippen LogP contribution in [0.1, 0.15) is 42.2 Å². The summed E-state index contributed by atoms with van der Waals surface area (Å²) in [6, 6.07) is 22.5. The Morgan fingerprint density at radius 2 is 1.60 bits per heavy atom. The molecule has 1 heterocycles. The summed E-state index contributed by atoms with van der Waals surface area (Å²) in [5.74, 6) is -0.199. The van der Waals surface area contributed by atoms with Gasteiger partial charge in [-0.15, -0.1) is 11.3 Å². The highest BCUT2D eigenvalue weighted by atomic mass is 32.1. The van der Waals surface area contributed by atoms with Crippen LogP contribution in [0.15, 0.2) is 78.2 Å². The number of para-hydroxylation sites is 1. The van der Waals surface area contributed by atoms with Gasteiger partial charge < -0.3 is 5.32 Å². The Morgan fingerprint density at radius 3 is 2.23 bits per heavy atom. The molecule has 4 rings (SSSR count). The molecule has 1 aliphatic carbocycles. The van der Waals surface area contributed by atoms with Crippen molar-refractivity contribution >= 4 is 28.8 Å². The third-order valence-electron chi connectivity index (χ3n) is 5.53. The number of nitrogens with zero attached hydrogens (tertiary/aromatic N) is 1. The van der Waals surface area contributed by atoms with Crippen LogP contribution in [-0.2, 0) is 16.0 Å². The third-order valence-corrected chi connectivity index (χ3v) is 6.41. The molecule has 154 valence electrons. The molecule has 1 N–H and O–H groups in total. The molecule has 1 aromatic heterocycles. The fraction of sp³-hybridized carbons (Fsp3) is 0.280. The minimum Gasteiger partial charge on any atom is -0.351 e. The molecule has 1 saturated carbocycles. The Hall–Kier alpha value is -2.92. The van der Waals surface area contributed by atoms with Crippen LogP contribution in [0.4, 0.5) is 5.69 Å². The number of anilines is 1. The van der Waals surface area contributed by atoms with Gasteiger partial charge in [0.25, 0.3) is 0 Å². The summed E-state index contributed by atoms with van der Waals surface area (Å²) in [5, 5.41) is 5.18. The fourth-order valence-electron chi connectivity index (χ4n) is 4.08. The average Bonchev–Trinajstić information content (AvgIpc) is 3.47. The van der Waals surface area contributed by atoms with Gasteiger partial charge >= 0.3 is 0 Å². The van der Waals surface area contributed by atoms with E-state index in [9.17, 15) is 9.59 Å². The first-order chi connectivity index (χ1) is 14.7. The Bertz CT molecular complexity index is 951. The number of nitrogens with one attached hydrogen (secondary N) is 1. The van der Waals surface area contributed by atoms with E-state index in [1.54, 1.807) is 16.2 Å². The molecular formula is C25H26N2O2S. The van der Waals surface area contributed by atoms with Crippen molar-refractivity contribution in [2.24, 2.45) is 0 Å². The number of hydrogen-bond acceptors (Lipinski definition) is 3. The summed E-state index contributed by atoms with van der Waals surface area (Å²) in [6.07, 6.45) is 4.55. The zero-order valence-electron chi connectivity index (χ0n) is 16.9. The minimum absolute atomic E-state index is 0.0842. The van der Waals surface area contributed by atoms with Crippen molar-refractivity contribution in [2.75, 3.05) is 4.90 Å². The van der Waals surface area contributed by atoms with Gasteiger partial charge in [-0.3, -0.25) is 14.5 Å². The lowest BCUT2D eigenvalue weighted by Crippen LogP contribution is -2.46. The van der Waals surface area contributed by atoms with E-state index < -0.39 is 6.04 Å². The standard InChI is InChI=1S/C25H26N2O2S/c28-23(18-22-16-9-17-30-22)27(21-14-5-2-6-15-21)24(19-10-3-1-4-11-19)25(29)26-20-12-7-8-13-20/h1-6,9-11,14-17,20,24H,7-8,12-13,18H2,(H,26,29)/t24-/m1/s1. The molecule has 30 heavy (non-hydrogen) atoms. The number of carbonyl (C=O) groups excluding carboxylic acids is 2. The number of hydrogen-bond donors (Lipinski definition) is 1. The summed E-state index contributed by atoms with van der Waals surface area (Å²) in [7, 11) is 0. The van der Waals surface area contributed by atoms with Crippen LogP contribution in [0, 0.1) is 0 Å². The Balaban J connectivity index is 1.71. The summed E-state index contributed by atoms with van der Waals surface area (Å²) < 4.78 is 0. The van der Waals surface area contributed by atoms with Gasteiger partial charge in [-0.05, 0) is 42.0 Å². The van der Waals surface area contributed by atoms with E-state index in [-0.39, 0.29) is 24.3 Å². The lowest BCUT2D eigenvalue weighted by atomic mass is 10.0. The smallest absolute Gasteiger partial charge is 0.248 e. The van der Waals surface area contributed by atoms with Crippen LogP contribution in [-0.4, -0.2) is 17.9 Å². The van der Waals surface area contributed by atoms with Gasteiger partial charge in [-0.25, -0.2) is 0 Å². The van der Waals surface area contributed by atoms with E-state index in [2.05, 4.69) is 5.32 Å². The highest BCUT2D eigenvalue weighted by molar-refractivity contribution is 7.10. The largest absolute Gasteiger partial charge is 0.351 e. The summed E-state index contributed by atoms with van der Waals surface area (Å²) >= 11 is 1.56. The van der Waals surface area contributed by atoms with Crippen molar-refractivity contribution in [2.45, 2.75) is 44.2 Å². The molecule has 0 spiro atoms. The van der Waals surface area contributed by atoms with Gasteiger partial charge in [0.1, 0.15) is 6.04 Å². The van der Waals surface area contributed by atoms with Crippen LogP contribution in [0.2, 0.25) is 0 Å². The van der Waals surface area contributed by atoms with Gasteiger partial charge in [-0.1, -0.05) is 67.4 Å². The molecule has 0 unspecified atom stereocenters. The molecule has 2 aromatic carbocycles. The number of amides is 2. The zero-order chi connectivity index (χ0) is 20.8. The van der Waals surface area contributed by atoms with Crippen molar-refractivity contribution in [1.82, 2.24) is 5.32 Å². The molecular weight excluding hydrogens is 392 g/mol. The maximum atomic E-state index is 13.5. The second-order valence-corrected chi connectivity index (χ2v) is 8.69. The van der Waals surface area contributed by atoms with Gasteiger partial charge in [0.05, 0.1) is 6.42 Å². The normalized spacial score (nSPS) is 14.9. The van der Waals surface area contributed by atoms with Crippen molar-refractivity contribution in [3.05, 3.63) is 88.6 Å². The highest BCUT2D eigenvalue weighted by Crippen LogP contribution is 2.30. The summed E-state index contributed by atoms with van der Waals surface area (Å²) in [4.78, 5) is 29.7. The molecule has 2 amide bonds. The quantitative estimate of drug-likeness (QED) is 0.579.